The van der Waals surface area contributed by atoms with Crippen molar-refractivity contribution in [2.24, 2.45) is 10.7 Å². The number of benzene rings is 2. The van der Waals surface area contributed by atoms with Crippen LogP contribution in [0.25, 0.3) is 0 Å². The molecule has 0 aliphatic rings. The van der Waals surface area contributed by atoms with Crippen LogP contribution in [0.4, 0.5) is 0 Å². The lowest BCUT2D eigenvalue weighted by atomic mass is 10.2. The van der Waals surface area contributed by atoms with Crippen LogP contribution >= 0.6 is 0 Å². The van der Waals surface area contributed by atoms with Gasteiger partial charge >= 0.3 is 0 Å². The molecule has 2 aromatic rings. The van der Waals surface area contributed by atoms with Gasteiger partial charge in [-0.25, -0.2) is 4.99 Å². The lowest BCUT2D eigenvalue weighted by molar-refractivity contribution is 0.482. The third kappa shape index (κ3) is 5.18. The summed E-state index contributed by atoms with van der Waals surface area (Å²) < 4.78 is 5.74. The fourth-order valence-corrected chi connectivity index (χ4v) is 1.77. The molecular formula is C17H21N3O. The minimum Gasteiger partial charge on any atom is -0.457 e. The molecule has 3 N–H and O–H groups in total. The molecule has 2 aromatic carbocycles. The van der Waals surface area contributed by atoms with Crippen LogP contribution in [0.2, 0.25) is 0 Å². The highest BCUT2D eigenvalue weighted by Gasteiger charge is 1.97. The number of rotatable bonds is 6. The first kappa shape index (κ1) is 14.9. The van der Waals surface area contributed by atoms with Crippen molar-refractivity contribution in [3.05, 3.63) is 60.2 Å². The third-order valence-corrected chi connectivity index (χ3v) is 2.89. The second-order valence-electron chi connectivity index (χ2n) is 4.69. The summed E-state index contributed by atoms with van der Waals surface area (Å²) in [5.41, 5.74) is 6.85. The van der Waals surface area contributed by atoms with Crippen LogP contribution in [0.15, 0.2) is 59.6 Å². The molecule has 0 amide bonds. The quantitative estimate of drug-likeness (QED) is 0.631. The Labute approximate surface area is 125 Å². The number of para-hydroxylation sites is 1. The van der Waals surface area contributed by atoms with Crippen LogP contribution in [-0.2, 0) is 6.54 Å². The van der Waals surface area contributed by atoms with Crippen molar-refractivity contribution in [3.63, 3.8) is 0 Å². The lowest BCUT2D eigenvalue weighted by Crippen LogP contribution is -2.32. The molecule has 0 spiro atoms. The van der Waals surface area contributed by atoms with Crippen molar-refractivity contribution in [1.82, 2.24) is 5.32 Å². The van der Waals surface area contributed by atoms with Crippen molar-refractivity contribution >= 4 is 5.96 Å². The highest BCUT2D eigenvalue weighted by molar-refractivity contribution is 5.77. The number of ether oxygens (including phenoxy) is 1. The molecule has 0 aliphatic heterocycles. The van der Waals surface area contributed by atoms with Gasteiger partial charge in [-0.15, -0.1) is 0 Å². The van der Waals surface area contributed by atoms with E-state index < -0.39 is 0 Å². The molecule has 0 saturated heterocycles. The number of nitrogens with one attached hydrogen (secondary N) is 1. The number of nitrogens with two attached hydrogens (primary N) is 1. The molecule has 4 heteroatoms. The van der Waals surface area contributed by atoms with Crippen molar-refractivity contribution in [2.75, 3.05) is 6.54 Å². The van der Waals surface area contributed by atoms with Gasteiger partial charge in [0.25, 0.3) is 0 Å². The fraction of sp³-hybridized carbons (Fsp3) is 0.235. The first-order valence-electron chi connectivity index (χ1n) is 7.13. The van der Waals surface area contributed by atoms with E-state index in [0.29, 0.717) is 12.5 Å². The number of hydrogen-bond donors (Lipinski definition) is 2. The van der Waals surface area contributed by atoms with Gasteiger partial charge in [-0.3, -0.25) is 0 Å². The molecular weight excluding hydrogens is 262 g/mol. The van der Waals surface area contributed by atoms with Gasteiger partial charge in [0, 0.05) is 6.54 Å². The Morgan fingerprint density at radius 2 is 1.71 bits per heavy atom. The molecule has 0 bridgehead atoms. The van der Waals surface area contributed by atoms with Crippen LogP contribution < -0.4 is 15.8 Å². The predicted molar refractivity (Wildman–Crippen MR) is 86.6 cm³/mol. The smallest absolute Gasteiger partial charge is 0.188 e. The molecule has 0 aromatic heterocycles. The number of hydrogen-bond acceptors (Lipinski definition) is 2. The molecule has 0 heterocycles. The molecule has 0 fully saturated rings. The predicted octanol–water partition coefficient (Wildman–Crippen LogP) is 3.29. The fourth-order valence-electron chi connectivity index (χ4n) is 1.77. The maximum Gasteiger partial charge on any atom is 0.188 e. The van der Waals surface area contributed by atoms with Crippen LogP contribution in [0.5, 0.6) is 11.5 Å². The first-order chi connectivity index (χ1) is 10.3. The second-order valence-corrected chi connectivity index (χ2v) is 4.69. The molecule has 0 saturated carbocycles. The first-order valence-corrected chi connectivity index (χ1v) is 7.13. The molecule has 0 unspecified atom stereocenters. The SMILES string of the molecule is CCCNC(N)=NCc1ccc(Oc2ccccc2)cc1. The van der Waals surface area contributed by atoms with Gasteiger partial charge in [0.1, 0.15) is 11.5 Å². The maximum atomic E-state index is 5.75. The number of guanidine groups is 1. The number of nitrogens with zero attached hydrogens (tertiary/aromatic N) is 1. The summed E-state index contributed by atoms with van der Waals surface area (Å²) >= 11 is 0. The van der Waals surface area contributed by atoms with E-state index in [-0.39, 0.29) is 0 Å². The Bertz CT molecular complexity index is 564. The second kappa shape index (κ2) is 7.94. The summed E-state index contributed by atoms with van der Waals surface area (Å²) in [6.45, 7) is 3.50. The van der Waals surface area contributed by atoms with E-state index in [1.807, 2.05) is 54.6 Å². The average Bonchev–Trinajstić information content (AvgIpc) is 2.53. The number of aliphatic imine (C=N–C) groups is 1. The van der Waals surface area contributed by atoms with E-state index in [4.69, 9.17) is 10.5 Å². The Kier molecular flexibility index (Phi) is 5.64. The Morgan fingerprint density at radius 3 is 2.38 bits per heavy atom. The maximum absolute atomic E-state index is 5.75. The summed E-state index contributed by atoms with van der Waals surface area (Å²) in [6.07, 6.45) is 1.03. The highest BCUT2D eigenvalue weighted by Crippen LogP contribution is 2.21. The van der Waals surface area contributed by atoms with Gasteiger partial charge in [-0.05, 0) is 36.2 Å². The van der Waals surface area contributed by atoms with Gasteiger partial charge < -0.3 is 15.8 Å². The topological polar surface area (TPSA) is 59.6 Å². The Hall–Kier alpha value is -2.49. The third-order valence-electron chi connectivity index (χ3n) is 2.89. The zero-order valence-electron chi connectivity index (χ0n) is 12.3. The van der Waals surface area contributed by atoms with Crippen molar-refractivity contribution in [3.8, 4) is 11.5 Å². The molecule has 4 nitrogen and oxygen atoms in total. The van der Waals surface area contributed by atoms with E-state index >= 15 is 0 Å². The van der Waals surface area contributed by atoms with Gasteiger partial charge in [0.05, 0.1) is 6.54 Å². The highest BCUT2D eigenvalue weighted by atomic mass is 16.5. The van der Waals surface area contributed by atoms with E-state index in [1.54, 1.807) is 0 Å². The molecule has 110 valence electrons. The molecule has 0 atom stereocenters. The van der Waals surface area contributed by atoms with Gasteiger partial charge in [-0.1, -0.05) is 37.3 Å². The summed E-state index contributed by atoms with van der Waals surface area (Å²) in [4.78, 5) is 4.29. The largest absolute Gasteiger partial charge is 0.457 e. The van der Waals surface area contributed by atoms with Crippen LogP contribution in [0.1, 0.15) is 18.9 Å². The van der Waals surface area contributed by atoms with Crippen LogP contribution in [0, 0.1) is 0 Å². The molecule has 21 heavy (non-hydrogen) atoms. The van der Waals surface area contributed by atoms with Crippen LogP contribution in [0.3, 0.4) is 0 Å². The van der Waals surface area contributed by atoms with Crippen LogP contribution in [-0.4, -0.2) is 12.5 Å². The average molecular weight is 283 g/mol. The monoisotopic (exact) mass is 283 g/mol. The molecule has 0 radical (unpaired) electrons. The minimum absolute atomic E-state index is 0.487. The summed E-state index contributed by atoms with van der Waals surface area (Å²) in [6, 6.07) is 17.6. The molecule has 2 rings (SSSR count). The summed E-state index contributed by atoms with van der Waals surface area (Å²) in [5, 5.41) is 3.05. The van der Waals surface area contributed by atoms with Gasteiger partial charge in [0.15, 0.2) is 5.96 Å². The van der Waals surface area contributed by atoms with E-state index in [2.05, 4.69) is 17.2 Å². The Balaban J connectivity index is 1.90. The van der Waals surface area contributed by atoms with Gasteiger partial charge in [-0.2, -0.15) is 0 Å². The lowest BCUT2D eigenvalue weighted by Gasteiger charge is -2.06. The molecule has 0 aliphatic carbocycles. The van der Waals surface area contributed by atoms with Crippen molar-refractivity contribution < 1.29 is 4.74 Å². The summed E-state index contributed by atoms with van der Waals surface area (Å²) in [7, 11) is 0. The van der Waals surface area contributed by atoms with E-state index in [9.17, 15) is 0 Å². The zero-order chi connectivity index (χ0) is 14.9. The van der Waals surface area contributed by atoms with E-state index in [0.717, 1.165) is 30.0 Å². The van der Waals surface area contributed by atoms with Gasteiger partial charge in [0.2, 0.25) is 0 Å². The summed E-state index contributed by atoms with van der Waals surface area (Å²) in [5.74, 6) is 2.13. The van der Waals surface area contributed by atoms with Crippen molar-refractivity contribution in [2.45, 2.75) is 19.9 Å². The Morgan fingerprint density at radius 1 is 1.05 bits per heavy atom. The minimum atomic E-state index is 0.487. The van der Waals surface area contributed by atoms with E-state index in [1.165, 1.54) is 0 Å². The zero-order valence-corrected chi connectivity index (χ0v) is 12.3. The standard InChI is InChI=1S/C17H21N3O/c1-2-12-19-17(18)20-13-14-8-10-16(11-9-14)21-15-6-4-3-5-7-15/h3-11H,2,12-13H2,1H3,(H3,18,19,20). The normalized spacial score (nSPS) is 11.2. The van der Waals surface area contributed by atoms with Crippen molar-refractivity contribution in [1.29, 1.82) is 0 Å².